The molecule has 0 aliphatic carbocycles. The Hall–Kier alpha value is -2.74. The number of methoxy groups -OCH3 is 1. The van der Waals surface area contributed by atoms with Gasteiger partial charge in [0.2, 0.25) is 0 Å². The number of hydrogen-bond donors (Lipinski definition) is 0. The van der Waals surface area contributed by atoms with Gasteiger partial charge in [-0.05, 0) is 47.0 Å². The molecule has 0 heterocycles. The second-order valence-corrected chi connectivity index (χ2v) is 5.53. The van der Waals surface area contributed by atoms with Gasteiger partial charge in [-0.15, -0.1) is 0 Å². The lowest BCUT2D eigenvalue weighted by Crippen LogP contribution is -2.15. The second-order valence-electron chi connectivity index (χ2n) is 5.53. The Bertz CT molecular complexity index is 750. The van der Waals surface area contributed by atoms with Crippen molar-refractivity contribution < 1.29 is 4.74 Å². The van der Waals surface area contributed by atoms with Crippen LogP contribution in [0.1, 0.15) is 5.56 Å². The number of rotatable bonds is 5. The average molecular weight is 302 g/mol. The maximum Gasteiger partial charge on any atom is 0.119 e. The van der Waals surface area contributed by atoms with Crippen molar-refractivity contribution in [2.45, 2.75) is 6.54 Å². The van der Waals surface area contributed by atoms with Crippen molar-refractivity contribution in [3.05, 3.63) is 84.4 Å². The van der Waals surface area contributed by atoms with Crippen molar-refractivity contribution in [2.24, 2.45) is 0 Å². The van der Waals surface area contributed by atoms with Crippen molar-refractivity contribution in [1.82, 2.24) is 0 Å². The van der Waals surface area contributed by atoms with E-state index in [2.05, 4.69) is 66.5 Å². The average Bonchev–Trinajstić information content (AvgIpc) is 2.63. The minimum absolute atomic E-state index is 0.851. The summed E-state index contributed by atoms with van der Waals surface area (Å²) < 4.78 is 5.28. The van der Waals surface area contributed by atoms with Gasteiger partial charge in [-0.1, -0.05) is 48.5 Å². The molecule has 0 atom stereocenters. The fraction of sp³-hybridized carbons (Fsp3) is 0.143. The third kappa shape index (κ3) is 3.72. The fourth-order valence-electron chi connectivity index (χ4n) is 2.58. The van der Waals surface area contributed by atoms with E-state index in [-0.39, 0.29) is 0 Å². The van der Waals surface area contributed by atoms with Crippen LogP contribution in [0.25, 0.3) is 11.1 Å². The van der Waals surface area contributed by atoms with Gasteiger partial charge in [0, 0.05) is 19.3 Å². The Morgan fingerprint density at radius 2 is 1.70 bits per heavy atom. The normalized spacial score (nSPS) is 10.3. The molecule has 0 fully saturated rings. The van der Waals surface area contributed by atoms with Gasteiger partial charge in [-0.2, -0.15) is 0 Å². The molecule has 0 saturated heterocycles. The van der Waals surface area contributed by atoms with Crippen LogP contribution in [-0.4, -0.2) is 14.2 Å². The molecule has 3 aromatic rings. The zero-order valence-corrected chi connectivity index (χ0v) is 13.5. The SMILES string of the molecule is COc1cc[c]c(-c2ccc(N(C)Cc3ccccc3)cc2)c1. The molecule has 2 nitrogen and oxygen atoms in total. The van der Waals surface area contributed by atoms with Crippen LogP contribution in [0, 0.1) is 6.07 Å². The first kappa shape index (κ1) is 15.2. The highest BCUT2D eigenvalue weighted by atomic mass is 16.5. The molecule has 0 spiro atoms. The van der Waals surface area contributed by atoms with E-state index in [1.807, 2.05) is 24.3 Å². The molecule has 0 saturated carbocycles. The Morgan fingerprint density at radius 1 is 0.957 bits per heavy atom. The molecule has 115 valence electrons. The summed E-state index contributed by atoms with van der Waals surface area (Å²) in [5.74, 6) is 0.851. The molecule has 3 rings (SSSR count). The van der Waals surface area contributed by atoms with Crippen LogP contribution in [0.4, 0.5) is 5.69 Å². The predicted octanol–water partition coefficient (Wildman–Crippen LogP) is 4.80. The second kappa shape index (κ2) is 7.01. The summed E-state index contributed by atoms with van der Waals surface area (Å²) in [5, 5.41) is 0. The smallest absolute Gasteiger partial charge is 0.119 e. The molecule has 0 aromatic heterocycles. The summed E-state index contributed by atoms with van der Waals surface area (Å²) >= 11 is 0. The Kier molecular flexibility index (Phi) is 4.62. The highest BCUT2D eigenvalue weighted by molar-refractivity contribution is 5.67. The monoisotopic (exact) mass is 302 g/mol. The topological polar surface area (TPSA) is 12.5 Å². The maximum absolute atomic E-state index is 5.28. The third-order valence-corrected chi connectivity index (χ3v) is 3.89. The first-order valence-electron chi connectivity index (χ1n) is 7.67. The number of nitrogens with zero attached hydrogens (tertiary/aromatic N) is 1. The van der Waals surface area contributed by atoms with E-state index in [1.54, 1.807) is 7.11 Å². The van der Waals surface area contributed by atoms with Crippen LogP contribution >= 0.6 is 0 Å². The van der Waals surface area contributed by atoms with Crippen molar-refractivity contribution in [3.63, 3.8) is 0 Å². The van der Waals surface area contributed by atoms with Crippen LogP contribution in [0.3, 0.4) is 0 Å². The lowest BCUT2D eigenvalue weighted by Gasteiger charge is -2.19. The Morgan fingerprint density at radius 3 is 2.39 bits per heavy atom. The summed E-state index contributed by atoms with van der Waals surface area (Å²) in [6, 6.07) is 28.1. The number of hydrogen-bond acceptors (Lipinski definition) is 2. The minimum Gasteiger partial charge on any atom is -0.497 e. The summed E-state index contributed by atoms with van der Waals surface area (Å²) in [7, 11) is 3.79. The van der Waals surface area contributed by atoms with Crippen LogP contribution < -0.4 is 9.64 Å². The summed E-state index contributed by atoms with van der Waals surface area (Å²) in [6.45, 7) is 0.894. The van der Waals surface area contributed by atoms with Gasteiger partial charge in [-0.25, -0.2) is 0 Å². The fourth-order valence-corrected chi connectivity index (χ4v) is 2.58. The highest BCUT2D eigenvalue weighted by Gasteiger charge is 2.04. The van der Waals surface area contributed by atoms with Gasteiger partial charge in [0.15, 0.2) is 0 Å². The molecule has 0 bridgehead atoms. The van der Waals surface area contributed by atoms with Gasteiger partial charge in [0.1, 0.15) is 5.75 Å². The number of benzene rings is 3. The van der Waals surface area contributed by atoms with Crippen molar-refractivity contribution in [3.8, 4) is 16.9 Å². The van der Waals surface area contributed by atoms with Gasteiger partial charge >= 0.3 is 0 Å². The summed E-state index contributed by atoms with van der Waals surface area (Å²) in [6.07, 6.45) is 0. The van der Waals surface area contributed by atoms with Crippen molar-refractivity contribution >= 4 is 5.69 Å². The van der Waals surface area contributed by atoms with Crippen LogP contribution in [-0.2, 0) is 6.54 Å². The predicted molar refractivity (Wildman–Crippen MR) is 95.8 cm³/mol. The van der Waals surface area contributed by atoms with Gasteiger partial charge < -0.3 is 9.64 Å². The van der Waals surface area contributed by atoms with E-state index in [0.29, 0.717) is 0 Å². The van der Waals surface area contributed by atoms with Gasteiger partial charge in [0.05, 0.1) is 7.11 Å². The first-order chi connectivity index (χ1) is 11.3. The molecule has 0 aliphatic heterocycles. The van der Waals surface area contributed by atoms with Crippen molar-refractivity contribution in [2.75, 3.05) is 19.1 Å². The van der Waals surface area contributed by atoms with Crippen LogP contribution in [0.15, 0.2) is 72.8 Å². The van der Waals surface area contributed by atoms with Crippen LogP contribution in [0.5, 0.6) is 5.75 Å². The van der Waals surface area contributed by atoms with E-state index >= 15 is 0 Å². The van der Waals surface area contributed by atoms with E-state index in [0.717, 1.165) is 23.4 Å². The van der Waals surface area contributed by atoms with E-state index < -0.39 is 0 Å². The largest absolute Gasteiger partial charge is 0.497 e. The molecule has 1 radical (unpaired) electrons. The van der Waals surface area contributed by atoms with E-state index in [1.165, 1.54) is 11.3 Å². The molecule has 0 unspecified atom stereocenters. The van der Waals surface area contributed by atoms with E-state index in [9.17, 15) is 0 Å². The molecule has 23 heavy (non-hydrogen) atoms. The standard InChI is InChI=1S/C21H20NO/c1-22(16-17-7-4-3-5-8-17)20-13-11-18(12-14-20)19-9-6-10-21(15-19)23-2/h3-8,10-15H,16H2,1-2H3. The highest BCUT2D eigenvalue weighted by Crippen LogP contribution is 2.26. The molecular weight excluding hydrogens is 282 g/mol. The summed E-state index contributed by atoms with van der Waals surface area (Å²) in [5.41, 5.74) is 4.68. The zero-order chi connectivity index (χ0) is 16.1. The molecular formula is C21H20NO. The minimum atomic E-state index is 0.851. The number of anilines is 1. The third-order valence-electron chi connectivity index (χ3n) is 3.89. The van der Waals surface area contributed by atoms with Crippen LogP contribution in [0.2, 0.25) is 0 Å². The van der Waals surface area contributed by atoms with E-state index in [4.69, 9.17) is 4.74 Å². The lowest BCUT2D eigenvalue weighted by molar-refractivity contribution is 0.415. The van der Waals surface area contributed by atoms with Crippen molar-refractivity contribution in [1.29, 1.82) is 0 Å². The zero-order valence-electron chi connectivity index (χ0n) is 13.5. The summed E-state index contributed by atoms with van der Waals surface area (Å²) in [4.78, 5) is 2.24. The molecule has 3 aromatic carbocycles. The molecule has 0 aliphatic rings. The molecule has 2 heteroatoms. The van der Waals surface area contributed by atoms with Gasteiger partial charge in [0.25, 0.3) is 0 Å². The lowest BCUT2D eigenvalue weighted by atomic mass is 10.0. The first-order valence-corrected chi connectivity index (χ1v) is 7.67. The Labute approximate surface area is 138 Å². The van der Waals surface area contributed by atoms with Gasteiger partial charge in [-0.3, -0.25) is 0 Å². The Balaban J connectivity index is 1.76. The maximum atomic E-state index is 5.28. The number of ether oxygens (including phenoxy) is 1. The quantitative estimate of drug-likeness (QED) is 0.671. The molecule has 0 N–H and O–H groups in total. The molecule has 0 amide bonds.